The molecule has 0 aliphatic rings. The van der Waals surface area contributed by atoms with E-state index in [1.54, 1.807) is 31.4 Å². The van der Waals surface area contributed by atoms with Crippen molar-refractivity contribution in [3.8, 4) is 5.75 Å². The number of esters is 1. The Kier molecular flexibility index (Phi) is 5.53. The van der Waals surface area contributed by atoms with Crippen LogP contribution in [0.1, 0.15) is 23.8 Å². The van der Waals surface area contributed by atoms with Gasteiger partial charge in [0.25, 0.3) is 0 Å². The van der Waals surface area contributed by atoms with Crippen molar-refractivity contribution in [1.82, 2.24) is 9.97 Å². The van der Waals surface area contributed by atoms with Gasteiger partial charge in [0.1, 0.15) is 5.75 Å². The van der Waals surface area contributed by atoms with Crippen molar-refractivity contribution >= 4 is 40.1 Å². The molecule has 1 N–H and O–H groups in total. The number of carbonyl (C=O) groups excluding carboxylic acids is 1. The zero-order valence-corrected chi connectivity index (χ0v) is 15.2. The first-order valence-electron chi connectivity index (χ1n) is 8.17. The minimum atomic E-state index is -0.521. The third kappa shape index (κ3) is 3.86. The number of hydrogen-bond donors (Lipinski definition) is 1. The van der Waals surface area contributed by atoms with Crippen LogP contribution in [0.15, 0.2) is 42.5 Å². The van der Waals surface area contributed by atoms with E-state index in [0.717, 1.165) is 6.42 Å². The first-order valence-corrected chi connectivity index (χ1v) is 8.54. The number of halogens is 1. The van der Waals surface area contributed by atoms with Crippen molar-refractivity contribution in [2.45, 2.75) is 13.3 Å². The summed E-state index contributed by atoms with van der Waals surface area (Å²) in [6.45, 7) is 2.25. The molecule has 6 nitrogen and oxygen atoms in total. The van der Waals surface area contributed by atoms with Crippen molar-refractivity contribution in [2.24, 2.45) is 0 Å². The molecule has 0 atom stereocenters. The van der Waals surface area contributed by atoms with Crippen LogP contribution in [0.4, 0.5) is 11.5 Å². The van der Waals surface area contributed by atoms with Crippen molar-refractivity contribution in [1.29, 1.82) is 0 Å². The predicted molar refractivity (Wildman–Crippen MR) is 101 cm³/mol. The summed E-state index contributed by atoms with van der Waals surface area (Å²) in [6, 6.07) is 12.5. The number of anilines is 2. The zero-order valence-electron chi connectivity index (χ0n) is 14.5. The normalized spacial score (nSPS) is 10.6. The van der Waals surface area contributed by atoms with Gasteiger partial charge in [-0.15, -0.1) is 0 Å². The van der Waals surface area contributed by atoms with Crippen molar-refractivity contribution < 1.29 is 14.3 Å². The van der Waals surface area contributed by atoms with Gasteiger partial charge in [0.2, 0.25) is 0 Å². The van der Waals surface area contributed by atoms with E-state index in [-0.39, 0.29) is 5.69 Å². The van der Waals surface area contributed by atoms with Crippen LogP contribution >= 0.6 is 11.6 Å². The van der Waals surface area contributed by atoms with Gasteiger partial charge in [-0.25, -0.2) is 14.8 Å². The standard InChI is InChI=1S/C19H18ClN3O3/c1-3-10-26-19(24)17-18(23-15-7-5-4-6-14(15)22-17)21-12-8-9-16(25-2)13(20)11-12/h4-9,11H,3,10H2,1-2H3,(H,21,23). The van der Waals surface area contributed by atoms with Gasteiger partial charge in [-0.3, -0.25) is 0 Å². The lowest BCUT2D eigenvalue weighted by atomic mass is 10.2. The molecule has 0 unspecified atom stereocenters. The van der Waals surface area contributed by atoms with E-state index >= 15 is 0 Å². The van der Waals surface area contributed by atoms with Gasteiger partial charge in [0, 0.05) is 5.69 Å². The molecule has 0 fully saturated rings. The van der Waals surface area contributed by atoms with E-state index < -0.39 is 5.97 Å². The van der Waals surface area contributed by atoms with E-state index in [9.17, 15) is 4.79 Å². The van der Waals surface area contributed by atoms with Crippen molar-refractivity contribution in [2.75, 3.05) is 19.0 Å². The van der Waals surface area contributed by atoms with E-state index in [4.69, 9.17) is 21.1 Å². The summed E-state index contributed by atoms with van der Waals surface area (Å²) >= 11 is 6.17. The second-order valence-electron chi connectivity index (χ2n) is 5.52. The summed E-state index contributed by atoms with van der Waals surface area (Å²) in [6.07, 6.45) is 0.726. The Morgan fingerprint density at radius 2 is 1.88 bits per heavy atom. The Hall–Kier alpha value is -2.86. The van der Waals surface area contributed by atoms with Gasteiger partial charge >= 0.3 is 5.97 Å². The molecular formula is C19H18ClN3O3. The lowest BCUT2D eigenvalue weighted by molar-refractivity contribution is 0.0499. The maximum absolute atomic E-state index is 12.4. The minimum Gasteiger partial charge on any atom is -0.495 e. The number of rotatable bonds is 6. The molecule has 0 radical (unpaired) electrons. The Balaban J connectivity index is 2.01. The number of nitrogens with zero attached hydrogens (tertiary/aromatic N) is 2. The number of benzene rings is 2. The maximum atomic E-state index is 12.4. The van der Waals surface area contributed by atoms with E-state index in [1.807, 2.05) is 25.1 Å². The van der Waals surface area contributed by atoms with Crippen LogP contribution in [0, 0.1) is 0 Å². The van der Waals surface area contributed by atoms with Gasteiger partial charge in [-0.05, 0) is 36.8 Å². The smallest absolute Gasteiger partial charge is 0.360 e. The van der Waals surface area contributed by atoms with Crippen LogP contribution < -0.4 is 10.1 Å². The largest absolute Gasteiger partial charge is 0.495 e. The summed E-state index contributed by atoms with van der Waals surface area (Å²) in [5, 5.41) is 3.55. The number of nitrogens with one attached hydrogen (secondary N) is 1. The number of aromatic nitrogens is 2. The average molecular weight is 372 g/mol. The van der Waals surface area contributed by atoms with Crippen LogP contribution in [0.3, 0.4) is 0 Å². The third-order valence-electron chi connectivity index (χ3n) is 3.62. The number of ether oxygens (including phenoxy) is 2. The fourth-order valence-electron chi connectivity index (χ4n) is 2.37. The first-order chi connectivity index (χ1) is 12.6. The summed E-state index contributed by atoms with van der Waals surface area (Å²) in [5.74, 6) is 0.350. The van der Waals surface area contributed by atoms with Gasteiger partial charge in [0.05, 0.1) is 29.8 Å². The highest BCUT2D eigenvalue weighted by atomic mass is 35.5. The van der Waals surface area contributed by atoms with Crippen LogP contribution in [0.25, 0.3) is 11.0 Å². The molecule has 0 saturated heterocycles. The molecule has 3 aromatic rings. The molecule has 0 amide bonds. The molecule has 0 spiro atoms. The highest BCUT2D eigenvalue weighted by Gasteiger charge is 2.18. The fraction of sp³-hybridized carbons (Fsp3) is 0.211. The van der Waals surface area contributed by atoms with Crippen LogP contribution in [0.2, 0.25) is 5.02 Å². The fourth-order valence-corrected chi connectivity index (χ4v) is 2.63. The molecular weight excluding hydrogens is 354 g/mol. The minimum absolute atomic E-state index is 0.129. The van der Waals surface area contributed by atoms with Crippen LogP contribution in [-0.2, 0) is 4.74 Å². The molecule has 0 aliphatic carbocycles. The lowest BCUT2D eigenvalue weighted by Gasteiger charge is -2.12. The Morgan fingerprint density at radius 3 is 2.54 bits per heavy atom. The first kappa shape index (κ1) is 17.9. The van der Waals surface area contributed by atoms with Gasteiger partial charge in [0.15, 0.2) is 11.5 Å². The van der Waals surface area contributed by atoms with Crippen LogP contribution in [0.5, 0.6) is 5.75 Å². The molecule has 134 valence electrons. The van der Waals surface area contributed by atoms with E-state index in [2.05, 4.69) is 15.3 Å². The zero-order chi connectivity index (χ0) is 18.5. The molecule has 0 saturated carbocycles. The summed E-state index contributed by atoms with van der Waals surface area (Å²) < 4.78 is 10.4. The molecule has 26 heavy (non-hydrogen) atoms. The molecule has 3 rings (SSSR count). The number of fused-ring (bicyclic) bond motifs is 1. The Morgan fingerprint density at radius 1 is 1.15 bits per heavy atom. The van der Waals surface area contributed by atoms with Gasteiger partial charge in [-0.1, -0.05) is 30.7 Å². The molecule has 2 aromatic carbocycles. The molecule has 1 aromatic heterocycles. The maximum Gasteiger partial charge on any atom is 0.360 e. The van der Waals surface area contributed by atoms with E-state index in [0.29, 0.717) is 39.9 Å². The van der Waals surface area contributed by atoms with Gasteiger partial charge < -0.3 is 14.8 Å². The van der Waals surface area contributed by atoms with Gasteiger partial charge in [-0.2, -0.15) is 0 Å². The number of carbonyl (C=O) groups is 1. The van der Waals surface area contributed by atoms with E-state index in [1.165, 1.54) is 0 Å². The number of methoxy groups -OCH3 is 1. The SMILES string of the molecule is CCCOC(=O)c1nc2ccccc2nc1Nc1ccc(OC)c(Cl)c1. The summed E-state index contributed by atoms with van der Waals surface area (Å²) in [5.41, 5.74) is 2.07. The Labute approximate surface area is 156 Å². The molecule has 1 heterocycles. The Bertz CT molecular complexity index is 946. The highest BCUT2D eigenvalue weighted by Crippen LogP contribution is 2.29. The van der Waals surface area contributed by atoms with Crippen LogP contribution in [-0.4, -0.2) is 29.7 Å². The number of para-hydroxylation sites is 2. The van der Waals surface area contributed by atoms with Crippen molar-refractivity contribution in [3.05, 3.63) is 53.2 Å². The average Bonchev–Trinajstić information content (AvgIpc) is 2.65. The monoisotopic (exact) mass is 371 g/mol. The summed E-state index contributed by atoms with van der Waals surface area (Å²) in [7, 11) is 1.55. The highest BCUT2D eigenvalue weighted by molar-refractivity contribution is 6.32. The predicted octanol–water partition coefficient (Wildman–Crippen LogP) is 4.60. The quantitative estimate of drug-likeness (QED) is 0.638. The summed E-state index contributed by atoms with van der Waals surface area (Å²) in [4.78, 5) is 21.4. The van der Waals surface area contributed by atoms with Crippen molar-refractivity contribution in [3.63, 3.8) is 0 Å². The number of hydrogen-bond acceptors (Lipinski definition) is 6. The third-order valence-corrected chi connectivity index (χ3v) is 3.91. The topological polar surface area (TPSA) is 73.3 Å². The molecule has 0 bridgehead atoms. The molecule has 7 heteroatoms. The lowest BCUT2D eigenvalue weighted by Crippen LogP contribution is -2.12. The molecule has 0 aliphatic heterocycles. The second kappa shape index (κ2) is 8.01. The second-order valence-corrected chi connectivity index (χ2v) is 5.93.